The number of nitrogens with zero attached hydrogens (tertiary/aromatic N) is 2. The Hall–Kier alpha value is -3.00. The number of carboxylic acid groups (broad SMARTS) is 1. The Morgan fingerprint density at radius 3 is 2.62 bits per heavy atom. The predicted octanol–water partition coefficient (Wildman–Crippen LogP) is 4.67. The molecule has 0 spiro atoms. The van der Waals surface area contributed by atoms with E-state index >= 15 is 0 Å². The Labute approximate surface area is 153 Å². The maximum absolute atomic E-state index is 10.8. The second-order valence-corrected chi connectivity index (χ2v) is 6.64. The lowest BCUT2D eigenvalue weighted by Crippen LogP contribution is -2.39. The van der Waals surface area contributed by atoms with Gasteiger partial charge >= 0.3 is 6.16 Å². The monoisotopic (exact) mass is 350 g/mol. The van der Waals surface area contributed by atoms with E-state index in [2.05, 4.69) is 11.0 Å². The van der Waals surface area contributed by atoms with Crippen molar-refractivity contribution in [2.24, 2.45) is 0 Å². The van der Waals surface area contributed by atoms with Crippen LogP contribution in [0, 0.1) is 11.3 Å². The predicted molar refractivity (Wildman–Crippen MR) is 100 cm³/mol. The third kappa shape index (κ3) is 3.97. The number of nitriles is 1. The summed E-state index contributed by atoms with van der Waals surface area (Å²) >= 11 is 0. The molecule has 1 fully saturated rings. The Balaban J connectivity index is 1.74. The highest BCUT2D eigenvalue weighted by molar-refractivity contribution is 5.72. The lowest BCUT2D eigenvalue weighted by Gasteiger charge is -2.36. The van der Waals surface area contributed by atoms with Gasteiger partial charge in [-0.05, 0) is 48.6 Å². The smallest absolute Gasteiger partial charge is 0.450 e. The van der Waals surface area contributed by atoms with E-state index < -0.39 is 6.16 Å². The van der Waals surface area contributed by atoms with Crippen LogP contribution in [0.3, 0.4) is 0 Å². The quantitative estimate of drug-likeness (QED) is 0.811. The number of ether oxygens (including phenoxy) is 1. The van der Waals surface area contributed by atoms with E-state index in [1.54, 1.807) is 0 Å². The van der Waals surface area contributed by atoms with Crippen molar-refractivity contribution in [1.29, 1.82) is 5.26 Å². The lowest BCUT2D eigenvalue weighted by atomic mass is 9.91. The van der Waals surface area contributed by atoms with Gasteiger partial charge in [0.05, 0.1) is 11.6 Å². The fourth-order valence-electron chi connectivity index (χ4n) is 3.64. The van der Waals surface area contributed by atoms with Crippen molar-refractivity contribution in [1.82, 2.24) is 0 Å². The molecule has 2 aromatic rings. The molecule has 0 aromatic heterocycles. The van der Waals surface area contributed by atoms with Gasteiger partial charge in [0.25, 0.3) is 0 Å². The molecule has 2 unspecified atom stereocenters. The molecule has 0 amide bonds. The molecule has 5 nitrogen and oxygen atoms in total. The summed E-state index contributed by atoms with van der Waals surface area (Å²) in [4.78, 5) is 13.0. The van der Waals surface area contributed by atoms with Crippen molar-refractivity contribution in [3.05, 3.63) is 54.1 Å². The zero-order valence-corrected chi connectivity index (χ0v) is 14.8. The fraction of sp³-hybridized carbons (Fsp3) is 0.333. The lowest BCUT2D eigenvalue weighted by molar-refractivity contribution is 0.0321. The van der Waals surface area contributed by atoms with Gasteiger partial charge in [-0.3, -0.25) is 0 Å². The maximum Gasteiger partial charge on any atom is 0.506 e. The third-order valence-corrected chi connectivity index (χ3v) is 5.05. The summed E-state index contributed by atoms with van der Waals surface area (Å²) in [6.07, 6.45) is 2.06. The van der Waals surface area contributed by atoms with E-state index in [0.29, 0.717) is 12.0 Å². The summed E-state index contributed by atoms with van der Waals surface area (Å²) < 4.78 is 4.97. The van der Waals surface area contributed by atoms with Crippen molar-refractivity contribution < 1.29 is 14.6 Å². The molecule has 2 aromatic carbocycles. The van der Waals surface area contributed by atoms with Crippen LogP contribution in [0.4, 0.5) is 10.5 Å². The first kappa shape index (κ1) is 17.8. The van der Waals surface area contributed by atoms with Crippen LogP contribution < -0.4 is 4.90 Å². The summed E-state index contributed by atoms with van der Waals surface area (Å²) in [6, 6.07) is 18.2. The summed E-state index contributed by atoms with van der Waals surface area (Å²) in [6.45, 7) is 0. The minimum atomic E-state index is -1.20. The molecule has 1 N–H and O–H groups in total. The first-order chi connectivity index (χ1) is 12.6. The molecule has 1 aliphatic carbocycles. The minimum Gasteiger partial charge on any atom is -0.450 e. The second kappa shape index (κ2) is 7.92. The normalized spacial score (nSPS) is 19.4. The topological polar surface area (TPSA) is 73.6 Å². The summed E-state index contributed by atoms with van der Waals surface area (Å²) in [7, 11) is 2.03. The van der Waals surface area contributed by atoms with Crippen LogP contribution in [0.2, 0.25) is 0 Å². The average Bonchev–Trinajstić information content (AvgIpc) is 2.67. The van der Waals surface area contributed by atoms with Crippen molar-refractivity contribution in [3.8, 4) is 17.2 Å². The SMILES string of the molecule is CN(c1ccc(-c2ccccc2C#N)cc1)C1CCCC(OC(=O)O)C1. The third-order valence-electron chi connectivity index (χ3n) is 5.05. The van der Waals surface area contributed by atoms with Gasteiger partial charge in [-0.2, -0.15) is 5.26 Å². The van der Waals surface area contributed by atoms with E-state index in [1.165, 1.54) is 0 Å². The van der Waals surface area contributed by atoms with Crippen LogP contribution in [-0.2, 0) is 4.74 Å². The van der Waals surface area contributed by atoms with Crippen molar-refractivity contribution in [2.75, 3.05) is 11.9 Å². The van der Waals surface area contributed by atoms with Crippen molar-refractivity contribution in [3.63, 3.8) is 0 Å². The molecule has 0 aliphatic heterocycles. The van der Waals surface area contributed by atoms with Crippen LogP contribution in [0.5, 0.6) is 0 Å². The first-order valence-corrected chi connectivity index (χ1v) is 8.80. The van der Waals surface area contributed by atoms with Gasteiger partial charge in [0, 0.05) is 25.2 Å². The molecule has 5 heteroatoms. The van der Waals surface area contributed by atoms with Crippen LogP contribution in [0.15, 0.2) is 48.5 Å². The highest BCUT2D eigenvalue weighted by atomic mass is 16.7. The molecule has 0 heterocycles. The number of rotatable bonds is 4. The van der Waals surface area contributed by atoms with Crippen molar-refractivity contribution in [2.45, 2.75) is 37.8 Å². The van der Waals surface area contributed by atoms with Gasteiger partial charge in [-0.15, -0.1) is 0 Å². The zero-order chi connectivity index (χ0) is 18.5. The molecular weight excluding hydrogens is 328 g/mol. The molecule has 2 atom stereocenters. The van der Waals surface area contributed by atoms with E-state index in [1.807, 2.05) is 55.6 Å². The van der Waals surface area contributed by atoms with E-state index in [-0.39, 0.29) is 12.1 Å². The molecule has 1 aliphatic rings. The van der Waals surface area contributed by atoms with E-state index in [9.17, 15) is 10.1 Å². The van der Waals surface area contributed by atoms with Gasteiger partial charge in [-0.25, -0.2) is 4.79 Å². The molecule has 0 saturated heterocycles. The summed E-state index contributed by atoms with van der Waals surface area (Å²) in [5, 5.41) is 18.1. The zero-order valence-electron chi connectivity index (χ0n) is 14.8. The first-order valence-electron chi connectivity index (χ1n) is 8.80. The van der Waals surface area contributed by atoms with Crippen LogP contribution in [0.1, 0.15) is 31.2 Å². The van der Waals surface area contributed by atoms with Gasteiger partial charge in [-0.1, -0.05) is 30.3 Å². The van der Waals surface area contributed by atoms with Gasteiger partial charge < -0.3 is 14.7 Å². The van der Waals surface area contributed by atoms with Crippen LogP contribution >= 0.6 is 0 Å². The standard InChI is InChI=1S/C21H22N2O3/c1-23(18-6-4-7-19(13-18)26-21(24)25)17-11-9-15(10-12-17)20-8-3-2-5-16(20)14-22/h2-3,5,8-12,18-19H,4,6-7,13H2,1H3,(H,24,25). The molecule has 134 valence electrons. The summed E-state index contributed by atoms with van der Waals surface area (Å²) in [5.74, 6) is 0. The van der Waals surface area contributed by atoms with Crippen LogP contribution in [0.25, 0.3) is 11.1 Å². The number of hydrogen-bond donors (Lipinski definition) is 1. The molecule has 26 heavy (non-hydrogen) atoms. The highest BCUT2D eigenvalue weighted by Gasteiger charge is 2.27. The minimum absolute atomic E-state index is 0.226. The van der Waals surface area contributed by atoms with Crippen molar-refractivity contribution >= 4 is 11.8 Å². The Morgan fingerprint density at radius 1 is 1.19 bits per heavy atom. The number of anilines is 1. The van der Waals surface area contributed by atoms with E-state index in [0.717, 1.165) is 36.1 Å². The Morgan fingerprint density at radius 2 is 1.92 bits per heavy atom. The molecular formula is C21H22N2O3. The van der Waals surface area contributed by atoms with Gasteiger partial charge in [0.1, 0.15) is 6.10 Å². The van der Waals surface area contributed by atoms with E-state index in [4.69, 9.17) is 9.84 Å². The fourth-order valence-corrected chi connectivity index (χ4v) is 3.64. The second-order valence-electron chi connectivity index (χ2n) is 6.64. The molecule has 0 radical (unpaired) electrons. The highest BCUT2D eigenvalue weighted by Crippen LogP contribution is 2.30. The summed E-state index contributed by atoms with van der Waals surface area (Å²) in [5.41, 5.74) is 3.67. The average molecular weight is 350 g/mol. The van der Waals surface area contributed by atoms with Gasteiger partial charge in [0.15, 0.2) is 0 Å². The maximum atomic E-state index is 10.8. The Kier molecular flexibility index (Phi) is 5.43. The number of hydrogen-bond acceptors (Lipinski definition) is 4. The van der Waals surface area contributed by atoms with Gasteiger partial charge in [0.2, 0.25) is 0 Å². The van der Waals surface area contributed by atoms with Crippen LogP contribution in [-0.4, -0.2) is 30.5 Å². The Bertz CT molecular complexity index is 811. The largest absolute Gasteiger partial charge is 0.506 e. The molecule has 3 rings (SSSR count). The number of benzene rings is 2. The number of carbonyl (C=O) groups is 1. The molecule has 1 saturated carbocycles. The molecule has 0 bridgehead atoms.